The predicted molar refractivity (Wildman–Crippen MR) is 64.9 cm³/mol. The molecule has 1 saturated carbocycles. The van der Waals surface area contributed by atoms with E-state index in [0.29, 0.717) is 29.0 Å². The first kappa shape index (κ1) is 12.1. The Morgan fingerprint density at radius 2 is 2.18 bits per heavy atom. The lowest BCUT2D eigenvalue weighted by Crippen LogP contribution is -2.38. The van der Waals surface area contributed by atoms with Crippen LogP contribution in [-0.2, 0) is 0 Å². The summed E-state index contributed by atoms with van der Waals surface area (Å²) < 4.78 is 5.02. The maximum atomic E-state index is 12.1. The maximum absolute atomic E-state index is 12.1. The van der Waals surface area contributed by atoms with Crippen molar-refractivity contribution in [3.63, 3.8) is 0 Å². The van der Waals surface area contributed by atoms with Gasteiger partial charge in [-0.15, -0.1) is 0 Å². The second-order valence-corrected chi connectivity index (χ2v) is 5.14. The highest BCUT2D eigenvalue weighted by molar-refractivity contribution is 5.96. The van der Waals surface area contributed by atoms with Crippen LogP contribution in [0.4, 0.5) is 0 Å². The molecule has 0 saturated heterocycles. The van der Waals surface area contributed by atoms with Crippen molar-refractivity contribution in [1.29, 1.82) is 0 Å². The summed E-state index contributed by atoms with van der Waals surface area (Å²) in [6.07, 6.45) is 4.64. The minimum Gasteiger partial charge on any atom is -0.361 e. The lowest BCUT2D eigenvalue weighted by molar-refractivity contribution is 0.0919. The first-order valence-corrected chi connectivity index (χ1v) is 6.31. The van der Waals surface area contributed by atoms with E-state index < -0.39 is 0 Å². The van der Waals surface area contributed by atoms with Crippen LogP contribution in [0.3, 0.4) is 0 Å². The number of hydrogen-bond donors (Lipinski definition) is 1. The Hall–Kier alpha value is -1.32. The number of hydrogen-bond acceptors (Lipinski definition) is 3. The van der Waals surface area contributed by atoms with E-state index in [1.54, 1.807) is 13.8 Å². The van der Waals surface area contributed by atoms with Crippen molar-refractivity contribution in [2.45, 2.75) is 52.5 Å². The molecule has 4 nitrogen and oxygen atoms in total. The summed E-state index contributed by atoms with van der Waals surface area (Å²) in [5.74, 6) is 1.27. The van der Waals surface area contributed by atoms with Gasteiger partial charge in [-0.1, -0.05) is 24.9 Å². The van der Waals surface area contributed by atoms with Crippen LogP contribution in [0.15, 0.2) is 4.52 Å². The number of nitrogens with one attached hydrogen (secondary N) is 1. The Kier molecular flexibility index (Phi) is 3.50. The molecule has 1 fully saturated rings. The minimum atomic E-state index is -0.0413. The summed E-state index contributed by atoms with van der Waals surface area (Å²) in [5, 5.41) is 6.90. The van der Waals surface area contributed by atoms with Crippen LogP contribution < -0.4 is 5.32 Å². The van der Waals surface area contributed by atoms with E-state index in [0.717, 1.165) is 12.8 Å². The topological polar surface area (TPSA) is 55.1 Å². The van der Waals surface area contributed by atoms with E-state index >= 15 is 0 Å². The molecular formula is C13H20N2O2. The van der Waals surface area contributed by atoms with Crippen LogP contribution >= 0.6 is 0 Å². The van der Waals surface area contributed by atoms with Gasteiger partial charge < -0.3 is 9.84 Å². The van der Waals surface area contributed by atoms with E-state index in [2.05, 4.69) is 17.4 Å². The molecule has 2 unspecified atom stereocenters. The predicted octanol–water partition coefficient (Wildman–Crippen LogP) is 2.60. The summed E-state index contributed by atoms with van der Waals surface area (Å²) >= 11 is 0. The largest absolute Gasteiger partial charge is 0.361 e. The first-order chi connectivity index (χ1) is 8.08. The van der Waals surface area contributed by atoms with E-state index in [1.165, 1.54) is 12.8 Å². The molecule has 0 aromatic carbocycles. The average Bonchev–Trinajstić information content (AvgIpc) is 2.58. The van der Waals surface area contributed by atoms with Gasteiger partial charge in [0.1, 0.15) is 11.3 Å². The number of carbonyl (C=O) groups excluding carboxylic acids is 1. The highest BCUT2D eigenvalue weighted by atomic mass is 16.5. The monoisotopic (exact) mass is 236 g/mol. The third kappa shape index (κ3) is 2.68. The maximum Gasteiger partial charge on any atom is 0.257 e. The fourth-order valence-electron chi connectivity index (χ4n) is 2.63. The van der Waals surface area contributed by atoms with Crippen molar-refractivity contribution in [1.82, 2.24) is 10.5 Å². The van der Waals surface area contributed by atoms with E-state index in [-0.39, 0.29) is 5.91 Å². The molecule has 1 N–H and O–H groups in total. The van der Waals surface area contributed by atoms with Gasteiger partial charge in [0.2, 0.25) is 0 Å². The van der Waals surface area contributed by atoms with Gasteiger partial charge in [-0.25, -0.2) is 0 Å². The van der Waals surface area contributed by atoms with Crippen molar-refractivity contribution in [2.24, 2.45) is 5.92 Å². The molecule has 17 heavy (non-hydrogen) atoms. The number of carbonyl (C=O) groups is 1. The summed E-state index contributed by atoms with van der Waals surface area (Å²) in [4.78, 5) is 12.1. The molecule has 1 amide bonds. The van der Waals surface area contributed by atoms with Gasteiger partial charge in [0.05, 0.1) is 5.69 Å². The Morgan fingerprint density at radius 3 is 2.76 bits per heavy atom. The van der Waals surface area contributed by atoms with Crippen molar-refractivity contribution < 1.29 is 9.32 Å². The summed E-state index contributed by atoms with van der Waals surface area (Å²) in [6.45, 7) is 5.82. The Morgan fingerprint density at radius 1 is 1.41 bits per heavy atom. The highest BCUT2D eigenvalue weighted by Crippen LogP contribution is 2.24. The molecule has 0 spiro atoms. The van der Waals surface area contributed by atoms with Gasteiger partial charge >= 0.3 is 0 Å². The molecule has 0 radical (unpaired) electrons. The molecule has 1 aromatic rings. The smallest absolute Gasteiger partial charge is 0.257 e. The fourth-order valence-corrected chi connectivity index (χ4v) is 2.63. The normalized spacial score (nSPS) is 24.6. The van der Waals surface area contributed by atoms with Gasteiger partial charge in [0.15, 0.2) is 0 Å². The van der Waals surface area contributed by atoms with Crippen molar-refractivity contribution in [3.05, 3.63) is 17.0 Å². The van der Waals surface area contributed by atoms with Crippen molar-refractivity contribution in [2.75, 3.05) is 0 Å². The highest BCUT2D eigenvalue weighted by Gasteiger charge is 2.23. The third-order valence-corrected chi connectivity index (χ3v) is 3.53. The van der Waals surface area contributed by atoms with Crippen LogP contribution in [-0.4, -0.2) is 17.1 Å². The van der Waals surface area contributed by atoms with E-state index in [1.807, 2.05) is 0 Å². The Bertz CT molecular complexity index is 392. The van der Waals surface area contributed by atoms with Gasteiger partial charge in [-0.05, 0) is 32.6 Å². The summed E-state index contributed by atoms with van der Waals surface area (Å²) in [7, 11) is 0. The van der Waals surface area contributed by atoms with Crippen LogP contribution in [0.25, 0.3) is 0 Å². The van der Waals surface area contributed by atoms with Crippen molar-refractivity contribution >= 4 is 5.91 Å². The Balaban J connectivity index is 2.02. The van der Waals surface area contributed by atoms with Crippen LogP contribution in [0.2, 0.25) is 0 Å². The van der Waals surface area contributed by atoms with Crippen molar-refractivity contribution in [3.8, 4) is 0 Å². The molecule has 0 bridgehead atoms. The number of amides is 1. The molecule has 2 atom stereocenters. The molecule has 1 aromatic heterocycles. The second kappa shape index (κ2) is 4.90. The minimum absolute atomic E-state index is 0.0413. The SMILES string of the molecule is Cc1noc(C)c1C(=O)NC1CCCC(C)C1. The standard InChI is InChI=1S/C13H20N2O2/c1-8-5-4-6-11(7-8)14-13(16)12-9(2)15-17-10(12)3/h8,11H,4-7H2,1-3H3,(H,14,16). The van der Waals surface area contributed by atoms with Gasteiger partial charge in [0, 0.05) is 6.04 Å². The van der Waals surface area contributed by atoms with Gasteiger partial charge in [0.25, 0.3) is 5.91 Å². The van der Waals surface area contributed by atoms with Gasteiger partial charge in [-0.3, -0.25) is 4.79 Å². The van der Waals surface area contributed by atoms with Crippen LogP contribution in [0, 0.1) is 19.8 Å². The number of nitrogens with zero attached hydrogens (tertiary/aromatic N) is 1. The fraction of sp³-hybridized carbons (Fsp3) is 0.692. The molecule has 1 aliphatic carbocycles. The molecule has 94 valence electrons. The number of rotatable bonds is 2. The summed E-state index contributed by atoms with van der Waals surface area (Å²) in [5.41, 5.74) is 1.27. The molecular weight excluding hydrogens is 216 g/mol. The molecule has 2 rings (SSSR count). The third-order valence-electron chi connectivity index (χ3n) is 3.53. The Labute approximate surface area is 102 Å². The van der Waals surface area contributed by atoms with Crippen LogP contribution in [0.5, 0.6) is 0 Å². The zero-order chi connectivity index (χ0) is 12.4. The molecule has 0 aliphatic heterocycles. The second-order valence-electron chi connectivity index (χ2n) is 5.14. The van der Waals surface area contributed by atoms with Crippen LogP contribution in [0.1, 0.15) is 54.4 Å². The zero-order valence-electron chi connectivity index (χ0n) is 10.7. The van der Waals surface area contributed by atoms with E-state index in [9.17, 15) is 4.79 Å². The number of aromatic nitrogens is 1. The molecule has 1 aliphatic rings. The quantitative estimate of drug-likeness (QED) is 0.858. The van der Waals surface area contributed by atoms with E-state index in [4.69, 9.17) is 4.52 Å². The molecule has 4 heteroatoms. The molecule has 1 heterocycles. The van der Waals surface area contributed by atoms with Gasteiger partial charge in [-0.2, -0.15) is 0 Å². The summed E-state index contributed by atoms with van der Waals surface area (Å²) in [6, 6.07) is 0.306. The lowest BCUT2D eigenvalue weighted by Gasteiger charge is -2.27. The zero-order valence-corrected chi connectivity index (χ0v) is 10.7. The number of aryl methyl sites for hydroxylation is 2. The first-order valence-electron chi connectivity index (χ1n) is 6.31. The lowest BCUT2D eigenvalue weighted by atomic mass is 9.87. The average molecular weight is 236 g/mol.